The van der Waals surface area contributed by atoms with Crippen molar-refractivity contribution in [1.82, 2.24) is 5.32 Å². The minimum absolute atomic E-state index is 0.0396. The molecule has 0 spiro atoms. The average Bonchev–Trinajstić information content (AvgIpc) is 3.21. The van der Waals surface area contributed by atoms with E-state index in [1.807, 2.05) is 12.2 Å². The van der Waals surface area contributed by atoms with Crippen LogP contribution < -0.4 is 5.32 Å². The van der Waals surface area contributed by atoms with E-state index < -0.39 is 32.5 Å². The van der Waals surface area contributed by atoms with E-state index in [2.05, 4.69) is 104 Å². The Morgan fingerprint density at radius 2 is 0.966 bits per heavy atom. The number of allylic oxidation sites excluding steroid dienone is 16. The van der Waals surface area contributed by atoms with Crippen LogP contribution in [0.25, 0.3) is 0 Å². The quantitative estimate of drug-likeness (QED) is 0.0269. The van der Waals surface area contributed by atoms with E-state index in [4.69, 9.17) is 18.5 Å². The van der Waals surface area contributed by atoms with Crippen molar-refractivity contribution in [1.29, 1.82) is 0 Å². The average molecular weight is 830 g/mol. The maximum atomic E-state index is 12.6. The van der Waals surface area contributed by atoms with Gasteiger partial charge in [0.1, 0.15) is 6.61 Å². The third-order valence-electron chi connectivity index (χ3n) is 8.69. The Labute approximate surface area is 353 Å². The lowest BCUT2D eigenvalue weighted by Crippen LogP contribution is -2.29. The molecular weight excluding hydrogens is 750 g/mol. The van der Waals surface area contributed by atoms with Gasteiger partial charge in [-0.1, -0.05) is 150 Å². The lowest BCUT2D eigenvalue weighted by molar-refractivity contribution is -0.161. The molecule has 0 saturated heterocycles. The van der Waals surface area contributed by atoms with Crippen LogP contribution in [-0.2, 0) is 32.7 Å². The van der Waals surface area contributed by atoms with Gasteiger partial charge in [0.05, 0.1) is 13.2 Å². The van der Waals surface area contributed by atoms with Crippen molar-refractivity contribution in [3.8, 4) is 0 Å². The molecule has 0 aliphatic rings. The molecule has 330 valence electrons. The van der Waals surface area contributed by atoms with E-state index in [0.29, 0.717) is 19.4 Å². The molecule has 0 aliphatic heterocycles. The molecule has 0 rings (SSSR count). The number of nitrogens with one attached hydrogen (secondary N) is 1. The Balaban J connectivity index is 4.41. The zero-order chi connectivity index (χ0) is 42.5. The summed E-state index contributed by atoms with van der Waals surface area (Å²) in [6.45, 7) is 4.03. The Hall–Kier alpha value is -3.07. The van der Waals surface area contributed by atoms with Crippen molar-refractivity contribution in [3.05, 3.63) is 97.2 Å². The van der Waals surface area contributed by atoms with Crippen LogP contribution in [-0.4, -0.2) is 56.3 Å². The van der Waals surface area contributed by atoms with Gasteiger partial charge < -0.3 is 19.7 Å². The van der Waals surface area contributed by atoms with Gasteiger partial charge in [-0.25, -0.2) is 4.57 Å². The summed E-state index contributed by atoms with van der Waals surface area (Å²) < 4.78 is 33.1. The van der Waals surface area contributed by atoms with Gasteiger partial charge in [0.15, 0.2) is 6.10 Å². The highest BCUT2D eigenvalue weighted by molar-refractivity contribution is 7.47. The zero-order valence-corrected chi connectivity index (χ0v) is 37.3. The maximum Gasteiger partial charge on any atom is 0.472 e. The standard InChI is InChI=1S/C48H80NO8P/c1-4-6-8-10-12-14-16-18-20-22-23-25-27-29-31-33-35-37-39-41-48(51)57-46(45-56-58(52,53)55-43-42-49-3)44-54-47(50)40-38-36-34-32-30-28-26-24-21-19-17-15-13-11-9-7-5-2/h12-15,18-21,23,25-26,28-29,31,35,37,46,49H,4-11,16-17,22,24,27,30,32-34,36,38-45H2,1-3H3,(H,52,53)/b14-12-,15-13-,20-18-,21-19-,25-23-,28-26-,31-29-,37-35-. The Bertz CT molecular complexity index is 1270. The first-order chi connectivity index (χ1) is 28.3. The summed E-state index contributed by atoms with van der Waals surface area (Å²) in [5.74, 6) is -0.938. The van der Waals surface area contributed by atoms with E-state index >= 15 is 0 Å². The van der Waals surface area contributed by atoms with Crippen molar-refractivity contribution in [2.75, 3.05) is 33.4 Å². The molecule has 0 amide bonds. The molecule has 0 bridgehead atoms. The molecule has 0 fully saturated rings. The van der Waals surface area contributed by atoms with E-state index in [1.165, 1.54) is 51.4 Å². The minimum atomic E-state index is -4.38. The van der Waals surface area contributed by atoms with E-state index in [1.54, 1.807) is 7.05 Å². The number of ether oxygens (including phenoxy) is 2. The largest absolute Gasteiger partial charge is 0.472 e. The van der Waals surface area contributed by atoms with Gasteiger partial charge in [-0.2, -0.15) is 0 Å². The number of hydrogen-bond donors (Lipinski definition) is 2. The van der Waals surface area contributed by atoms with Crippen molar-refractivity contribution in [2.45, 2.75) is 161 Å². The number of esters is 2. The minimum Gasteiger partial charge on any atom is -0.462 e. The van der Waals surface area contributed by atoms with Gasteiger partial charge in [0, 0.05) is 19.4 Å². The van der Waals surface area contributed by atoms with Crippen LogP contribution in [0.5, 0.6) is 0 Å². The van der Waals surface area contributed by atoms with Crippen LogP contribution in [0.15, 0.2) is 97.2 Å². The summed E-state index contributed by atoms with van der Waals surface area (Å²) in [6.07, 6.45) is 54.6. The first kappa shape index (κ1) is 54.9. The fourth-order valence-electron chi connectivity index (χ4n) is 5.30. The number of hydrogen-bond acceptors (Lipinski definition) is 8. The van der Waals surface area contributed by atoms with E-state index in [9.17, 15) is 19.0 Å². The summed E-state index contributed by atoms with van der Waals surface area (Å²) in [7, 11) is -2.70. The van der Waals surface area contributed by atoms with Crippen LogP contribution >= 0.6 is 7.82 Å². The molecule has 0 aliphatic carbocycles. The number of rotatable bonds is 40. The third kappa shape index (κ3) is 42.5. The SMILES string of the molecule is CCCCC/C=C\C/C=C\C/C=C\C/C=C\C/C=C\CCC(=O)OC(COC(=O)CCCCCC/C=C\C/C=C\C/C=C\CCCCC)COP(=O)(O)OCCNC. The molecule has 0 aromatic rings. The molecule has 0 aromatic heterocycles. The molecule has 9 nitrogen and oxygen atoms in total. The summed E-state index contributed by atoms with van der Waals surface area (Å²) in [4.78, 5) is 35.0. The van der Waals surface area contributed by atoms with Crippen molar-refractivity contribution in [3.63, 3.8) is 0 Å². The zero-order valence-electron chi connectivity index (χ0n) is 36.5. The Morgan fingerprint density at radius 3 is 1.43 bits per heavy atom. The highest BCUT2D eigenvalue weighted by atomic mass is 31.2. The molecule has 58 heavy (non-hydrogen) atoms. The normalized spacial score (nSPS) is 14.2. The molecule has 2 unspecified atom stereocenters. The molecule has 0 heterocycles. The van der Waals surface area contributed by atoms with Crippen molar-refractivity contribution in [2.24, 2.45) is 0 Å². The fraction of sp³-hybridized carbons (Fsp3) is 0.625. The number of likely N-dealkylation sites (N-methyl/N-ethyl adjacent to an activating group) is 1. The van der Waals surface area contributed by atoms with Gasteiger partial charge >= 0.3 is 19.8 Å². The van der Waals surface area contributed by atoms with Crippen molar-refractivity contribution >= 4 is 19.8 Å². The summed E-state index contributed by atoms with van der Waals surface area (Å²) in [5.41, 5.74) is 0. The fourth-order valence-corrected chi connectivity index (χ4v) is 6.06. The lowest BCUT2D eigenvalue weighted by Gasteiger charge is -2.19. The summed E-state index contributed by atoms with van der Waals surface area (Å²) in [6, 6.07) is 0. The number of carbonyl (C=O) groups excluding carboxylic acids is 2. The van der Waals surface area contributed by atoms with Crippen molar-refractivity contribution < 1.29 is 37.6 Å². The maximum absolute atomic E-state index is 12.6. The highest BCUT2D eigenvalue weighted by Crippen LogP contribution is 2.43. The second-order valence-corrected chi connectivity index (χ2v) is 15.6. The number of phosphoric acid groups is 1. The highest BCUT2D eigenvalue weighted by Gasteiger charge is 2.26. The predicted octanol–water partition coefficient (Wildman–Crippen LogP) is 12.9. The second kappa shape index (κ2) is 43.5. The molecule has 2 N–H and O–H groups in total. The van der Waals surface area contributed by atoms with Crippen LogP contribution in [0.2, 0.25) is 0 Å². The molecule has 2 atom stereocenters. The Kier molecular flexibility index (Phi) is 41.2. The third-order valence-corrected chi connectivity index (χ3v) is 9.67. The van der Waals surface area contributed by atoms with Crippen LogP contribution in [0.1, 0.15) is 155 Å². The summed E-state index contributed by atoms with van der Waals surface area (Å²) >= 11 is 0. The number of phosphoric ester groups is 1. The van der Waals surface area contributed by atoms with Crippen LogP contribution in [0, 0.1) is 0 Å². The number of carbonyl (C=O) groups is 2. The molecule has 10 heteroatoms. The van der Waals surface area contributed by atoms with Crippen LogP contribution in [0.3, 0.4) is 0 Å². The summed E-state index contributed by atoms with van der Waals surface area (Å²) in [5, 5.41) is 2.81. The lowest BCUT2D eigenvalue weighted by atomic mass is 10.1. The monoisotopic (exact) mass is 830 g/mol. The topological polar surface area (TPSA) is 120 Å². The van der Waals surface area contributed by atoms with E-state index in [-0.39, 0.29) is 26.1 Å². The van der Waals surface area contributed by atoms with Gasteiger partial charge in [0.25, 0.3) is 0 Å². The van der Waals surface area contributed by atoms with Gasteiger partial charge in [0.2, 0.25) is 0 Å². The predicted molar refractivity (Wildman–Crippen MR) is 243 cm³/mol. The van der Waals surface area contributed by atoms with Gasteiger partial charge in [-0.3, -0.25) is 18.6 Å². The first-order valence-electron chi connectivity index (χ1n) is 22.2. The molecule has 0 radical (unpaired) electrons. The van der Waals surface area contributed by atoms with Gasteiger partial charge in [-0.15, -0.1) is 0 Å². The Morgan fingerprint density at radius 1 is 0.534 bits per heavy atom. The van der Waals surface area contributed by atoms with Gasteiger partial charge in [-0.05, 0) is 96.9 Å². The number of unbranched alkanes of at least 4 members (excludes halogenated alkanes) is 10. The second-order valence-electron chi connectivity index (χ2n) is 14.2. The van der Waals surface area contributed by atoms with Crippen LogP contribution in [0.4, 0.5) is 0 Å². The first-order valence-corrected chi connectivity index (χ1v) is 23.7. The van der Waals surface area contributed by atoms with E-state index in [0.717, 1.165) is 64.2 Å². The molecule has 0 saturated carbocycles. The smallest absolute Gasteiger partial charge is 0.462 e. The molecule has 0 aromatic carbocycles. The molecular formula is C48H80NO8P.